The number of aromatic amines is 1. The lowest BCUT2D eigenvalue weighted by molar-refractivity contribution is -0.193. The summed E-state index contributed by atoms with van der Waals surface area (Å²) < 4.78 is 63.5. The molecule has 1 aliphatic heterocycles. The molecule has 2 aromatic heterocycles. The number of carbonyl (C=O) groups excluding carboxylic acids is 2. The van der Waals surface area contributed by atoms with Crippen LogP contribution in [0, 0.1) is 5.92 Å². The number of para-hydroxylation sites is 1. The molecule has 12 nitrogen and oxygen atoms in total. The van der Waals surface area contributed by atoms with Crippen molar-refractivity contribution in [1.82, 2.24) is 25.5 Å². The Kier molecular flexibility index (Phi) is 14.8. The molecule has 0 saturated carbocycles. The number of pyridine rings is 1. The van der Waals surface area contributed by atoms with Crippen molar-refractivity contribution in [3.05, 3.63) is 94.9 Å². The molecule has 292 valence electrons. The van der Waals surface area contributed by atoms with E-state index in [9.17, 15) is 35.9 Å². The summed E-state index contributed by atoms with van der Waals surface area (Å²) in [4.78, 5) is 57.0. The van der Waals surface area contributed by atoms with Crippen LogP contribution < -0.4 is 15.5 Å². The average Bonchev–Trinajstić information content (AvgIpc) is 3.53. The summed E-state index contributed by atoms with van der Waals surface area (Å²) in [5, 5.41) is 21.8. The number of anilines is 1. The highest BCUT2D eigenvalue weighted by Gasteiger charge is 2.39. The van der Waals surface area contributed by atoms with Crippen LogP contribution in [-0.2, 0) is 27.3 Å². The van der Waals surface area contributed by atoms with Crippen molar-refractivity contribution in [2.45, 2.75) is 44.2 Å². The number of aliphatic carboxylic acids is 2. The first-order chi connectivity index (χ1) is 25.2. The number of nitrogens with one attached hydrogen (secondary N) is 3. The van der Waals surface area contributed by atoms with E-state index in [0.717, 1.165) is 46.4 Å². The van der Waals surface area contributed by atoms with Gasteiger partial charge < -0.3 is 35.6 Å². The van der Waals surface area contributed by atoms with E-state index in [1.807, 2.05) is 92.8 Å². The van der Waals surface area contributed by atoms with E-state index in [4.69, 9.17) is 31.4 Å². The number of halogens is 7. The highest BCUT2D eigenvalue weighted by atomic mass is 35.5. The summed E-state index contributed by atoms with van der Waals surface area (Å²) in [5.74, 6) is -5.75. The van der Waals surface area contributed by atoms with Gasteiger partial charge in [0, 0.05) is 53.0 Å². The maximum Gasteiger partial charge on any atom is 0.490 e. The van der Waals surface area contributed by atoms with Gasteiger partial charge in [0.25, 0.3) is 0 Å². The minimum atomic E-state index is -5.08. The third-order valence-corrected chi connectivity index (χ3v) is 8.21. The minimum Gasteiger partial charge on any atom is -0.475 e. The molecule has 5 N–H and O–H groups in total. The van der Waals surface area contributed by atoms with Gasteiger partial charge in [-0.05, 0) is 74.0 Å². The second-order valence-electron chi connectivity index (χ2n) is 12.4. The predicted octanol–water partition coefficient (Wildman–Crippen LogP) is 6.22. The highest BCUT2D eigenvalue weighted by molar-refractivity contribution is 6.30. The number of fused-ring (bicyclic) bond motifs is 2. The molecular formula is C35H37ClF6N6O6. The third-order valence-electron chi connectivity index (χ3n) is 7.98. The number of nitrogens with zero attached hydrogens (tertiary/aromatic N) is 3. The van der Waals surface area contributed by atoms with Gasteiger partial charge in [-0.2, -0.15) is 26.3 Å². The lowest BCUT2D eigenvalue weighted by Gasteiger charge is -2.38. The molecule has 5 rings (SSSR count). The number of urea groups is 1. The number of benzene rings is 2. The number of rotatable bonds is 8. The molecule has 0 radical (unpaired) electrons. The summed E-state index contributed by atoms with van der Waals surface area (Å²) in [5.41, 5.74) is 4.57. The number of carboxylic acids is 2. The molecule has 54 heavy (non-hydrogen) atoms. The zero-order valence-corrected chi connectivity index (χ0v) is 29.8. The summed E-state index contributed by atoms with van der Waals surface area (Å²) in [7, 11) is 4.07. The van der Waals surface area contributed by atoms with Crippen LogP contribution >= 0.6 is 11.6 Å². The van der Waals surface area contributed by atoms with E-state index < -0.39 is 36.4 Å². The van der Waals surface area contributed by atoms with Crippen LogP contribution in [0.4, 0.5) is 36.8 Å². The van der Waals surface area contributed by atoms with Gasteiger partial charge in [0.05, 0.1) is 12.2 Å². The largest absolute Gasteiger partial charge is 0.490 e. The fourth-order valence-corrected chi connectivity index (χ4v) is 5.84. The zero-order valence-electron chi connectivity index (χ0n) is 29.0. The number of H-pyrrole nitrogens is 1. The maximum absolute atomic E-state index is 14.5. The van der Waals surface area contributed by atoms with Crippen LogP contribution in [-0.4, -0.2) is 94.5 Å². The van der Waals surface area contributed by atoms with Gasteiger partial charge in [0.1, 0.15) is 6.04 Å². The van der Waals surface area contributed by atoms with Gasteiger partial charge in [0.2, 0.25) is 5.91 Å². The molecule has 1 aliphatic rings. The fourth-order valence-electron chi connectivity index (χ4n) is 5.64. The van der Waals surface area contributed by atoms with Crippen molar-refractivity contribution in [2.24, 2.45) is 5.92 Å². The second kappa shape index (κ2) is 18.6. The first kappa shape index (κ1) is 43.0. The SMILES string of the molecule is CC(c1c[nH]c2ccccc12)C(NC(=O)NCc1ccccn1)C(=O)N1C[C@@H](CN(C)C)Cc2cc(Cl)ccc21.O=C(O)C(F)(F)F.O=C(O)C(F)(F)F. The Morgan fingerprint density at radius 2 is 1.59 bits per heavy atom. The van der Waals surface area contributed by atoms with Crippen LogP contribution in [0.15, 0.2) is 73.1 Å². The summed E-state index contributed by atoms with van der Waals surface area (Å²) in [6.07, 6.45) is -5.72. The van der Waals surface area contributed by atoms with Gasteiger partial charge in [-0.3, -0.25) is 9.78 Å². The van der Waals surface area contributed by atoms with Crippen molar-refractivity contribution in [3.8, 4) is 0 Å². The molecule has 2 aromatic carbocycles. The maximum atomic E-state index is 14.5. The molecular weight excluding hydrogens is 750 g/mol. The number of alkyl halides is 6. The Morgan fingerprint density at radius 3 is 2.17 bits per heavy atom. The van der Waals surface area contributed by atoms with Crippen LogP contribution in [0.1, 0.15) is 29.7 Å². The standard InChI is InChI=1S/C31H35ClN6O2.2C2HF3O2/c1-20(26-17-34-27-10-5-4-9-25(26)27)29(36-31(40)35-16-24-8-6-7-13-33-24)30(39)38-19-21(18-37(2)3)14-22-15-23(32)11-12-28(22)38;2*3-2(4,5)1(6)7/h4-13,15,17,20-21,29,34H,14,16,18-19H2,1-3H3,(H2,35,36,40);2*(H,6,7)/t20?,21-,29?;;/m1../s1. The van der Waals surface area contributed by atoms with Gasteiger partial charge in [-0.15, -0.1) is 0 Å². The molecule has 2 unspecified atom stereocenters. The molecule has 0 aliphatic carbocycles. The molecule has 0 spiro atoms. The molecule has 0 fully saturated rings. The molecule has 3 heterocycles. The quantitative estimate of drug-likeness (QED) is 0.131. The van der Waals surface area contributed by atoms with Crippen LogP contribution in [0.2, 0.25) is 5.02 Å². The third kappa shape index (κ3) is 12.4. The lowest BCUT2D eigenvalue weighted by atomic mass is 9.88. The van der Waals surface area contributed by atoms with Crippen molar-refractivity contribution in [2.75, 3.05) is 32.1 Å². The number of hydrogen-bond donors (Lipinski definition) is 5. The first-order valence-electron chi connectivity index (χ1n) is 16.0. The molecule has 0 saturated heterocycles. The van der Waals surface area contributed by atoms with Crippen molar-refractivity contribution in [3.63, 3.8) is 0 Å². The Balaban J connectivity index is 0.000000476. The predicted molar refractivity (Wildman–Crippen MR) is 187 cm³/mol. The van der Waals surface area contributed by atoms with E-state index in [-0.39, 0.29) is 24.3 Å². The van der Waals surface area contributed by atoms with E-state index in [2.05, 4.69) is 25.5 Å². The lowest BCUT2D eigenvalue weighted by Crippen LogP contribution is -2.55. The van der Waals surface area contributed by atoms with Crippen LogP contribution in [0.5, 0.6) is 0 Å². The topological polar surface area (TPSA) is 168 Å². The van der Waals surface area contributed by atoms with Crippen molar-refractivity contribution in [1.29, 1.82) is 0 Å². The fraction of sp³-hybridized carbons (Fsp3) is 0.343. The van der Waals surface area contributed by atoms with Gasteiger partial charge in [0.15, 0.2) is 0 Å². The number of amides is 3. The Labute approximate surface area is 310 Å². The summed E-state index contributed by atoms with van der Waals surface area (Å²) >= 11 is 6.36. The Bertz CT molecular complexity index is 1880. The van der Waals surface area contributed by atoms with Crippen LogP contribution in [0.3, 0.4) is 0 Å². The highest BCUT2D eigenvalue weighted by Crippen LogP contribution is 2.35. The van der Waals surface area contributed by atoms with Crippen LogP contribution in [0.25, 0.3) is 10.9 Å². The van der Waals surface area contributed by atoms with Gasteiger partial charge >= 0.3 is 30.3 Å². The number of hydrogen-bond acceptors (Lipinski definition) is 6. The number of carboxylic acid groups (broad SMARTS) is 2. The first-order valence-corrected chi connectivity index (χ1v) is 16.4. The molecule has 3 atom stereocenters. The van der Waals surface area contributed by atoms with E-state index in [1.165, 1.54) is 0 Å². The molecule has 0 bridgehead atoms. The normalized spacial score (nSPS) is 15.1. The molecule has 4 aromatic rings. The summed E-state index contributed by atoms with van der Waals surface area (Å²) in [6, 6.07) is 18.0. The zero-order chi connectivity index (χ0) is 40.4. The Morgan fingerprint density at radius 1 is 0.981 bits per heavy atom. The van der Waals surface area contributed by atoms with Crippen molar-refractivity contribution < 1.29 is 55.7 Å². The number of aromatic nitrogens is 2. The Hall–Kier alpha value is -5.36. The number of carbonyl (C=O) groups is 4. The van der Waals surface area contributed by atoms with E-state index in [1.54, 1.807) is 6.20 Å². The smallest absolute Gasteiger partial charge is 0.475 e. The van der Waals surface area contributed by atoms with E-state index >= 15 is 0 Å². The van der Waals surface area contributed by atoms with Gasteiger partial charge in [-0.25, -0.2) is 14.4 Å². The average molecular weight is 787 g/mol. The van der Waals surface area contributed by atoms with E-state index in [0.29, 0.717) is 11.6 Å². The minimum absolute atomic E-state index is 0.155. The monoisotopic (exact) mass is 786 g/mol. The molecule has 19 heteroatoms. The summed E-state index contributed by atoms with van der Waals surface area (Å²) in [6.45, 7) is 3.63. The molecule has 3 amide bonds. The van der Waals surface area contributed by atoms with Crippen molar-refractivity contribution >= 4 is 52.1 Å². The van der Waals surface area contributed by atoms with Gasteiger partial charge in [-0.1, -0.05) is 42.8 Å². The second-order valence-corrected chi connectivity index (χ2v) is 12.8.